The highest BCUT2D eigenvalue weighted by atomic mass is 35.5. The molecular weight excluding hydrogens is 410 g/mol. The highest BCUT2D eigenvalue weighted by molar-refractivity contribution is 7.22. The zero-order valence-electron chi connectivity index (χ0n) is 16.0. The van der Waals surface area contributed by atoms with Crippen LogP contribution in [0.1, 0.15) is 49.4 Å². The van der Waals surface area contributed by atoms with Gasteiger partial charge in [0.2, 0.25) is 0 Å². The largest absolute Gasteiger partial charge is 0.503 e. The Balaban J connectivity index is 0.000000552. The van der Waals surface area contributed by atoms with Crippen LogP contribution >= 0.6 is 22.9 Å². The minimum Gasteiger partial charge on any atom is -0.450 e. The van der Waals surface area contributed by atoms with Crippen molar-refractivity contribution in [3.8, 4) is 0 Å². The molecule has 6 nitrogen and oxygen atoms in total. The van der Waals surface area contributed by atoms with Gasteiger partial charge in [-0.1, -0.05) is 61.2 Å². The SMILES string of the molecule is Clc1cc2c(NCCc3ccccc3)nc(C3CCCCC3)nc2s1.O=C(O)O. The van der Waals surface area contributed by atoms with Crippen LogP contribution in [0.2, 0.25) is 4.34 Å². The maximum absolute atomic E-state index is 8.56. The number of anilines is 1. The van der Waals surface area contributed by atoms with Crippen molar-refractivity contribution in [1.82, 2.24) is 9.97 Å². The molecule has 1 saturated carbocycles. The van der Waals surface area contributed by atoms with Gasteiger partial charge < -0.3 is 15.5 Å². The Hall–Kier alpha value is -2.38. The Labute approximate surface area is 178 Å². The van der Waals surface area contributed by atoms with Crippen molar-refractivity contribution in [2.24, 2.45) is 0 Å². The van der Waals surface area contributed by atoms with Crippen molar-refractivity contribution in [3.63, 3.8) is 0 Å². The molecule has 1 aliphatic carbocycles. The van der Waals surface area contributed by atoms with Gasteiger partial charge in [-0.2, -0.15) is 0 Å². The summed E-state index contributed by atoms with van der Waals surface area (Å²) in [5.74, 6) is 2.42. The van der Waals surface area contributed by atoms with E-state index in [4.69, 9.17) is 36.6 Å². The first-order valence-electron chi connectivity index (χ1n) is 9.69. The summed E-state index contributed by atoms with van der Waals surface area (Å²) in [5, 5.41) is 18.5. The Morgan fingerprint density at radius 3 is 2.52 bits per heavy atom. The summed E-state index contributed by atoms with van der Waals surface area (Å²) < 4.78 is 0.774. The number of nitrogens with zero attached hydrogens (tertiary/aromatic N) is 2. The van der Waals surface area contributed by atoms with Crippen LogP contribution < -0.4 is 5.32 Å². The molecule has 0 radical (unpaired) electrons. The molecule has 3 N–H and O–H groups in total. The first-order valence-corrected chi connectivity index (χ1v) is 10.9. The molecule has 0 atom stereocenters. The van der Waals surface area contributed by atoms with Gasteiger partial charge in [0.1, 0.15) is 16.5 Å². The topological polar surface area (TPSA) is 95.3 Å². The molecule has 29 heavy (non-hydrogen) atoms. The monoisotopic (exact) mass is 433 g/mol. The van der Waals surface area contributed by atoms with Crippen LogP contribution in [0.5, 0.6) is 0 Å². The molecule has 0 aliphatic heterocycles. The van der Waals surface area contributed by atoms with E-state index in [1.807, 2.05) is 6.07 Å². The number of halogens is 1. The second kappa shape index (κ2) is 10.4. The van der Waals surface area contributed by atoms with Crippen molar-refractivity contribution < 1.29 is 15.0 Å². The smallest absolute Gasteiger partial charge is 0.450 e. The molecule has 0 bridgehead atoms. The van der Waals surface area contributed by atoms with Gasteiger partial charge in [0.05, 0.1) is 9.72 Å². The molecule has 2 heterocycles. The van der Waals surface area contributed by atoms with Crippen LogP contribution in [-0.4, -0.2) is 32.9 Å². The highest BCUT2D eigenvalue weighted by Gasteiger charge is 2.21. The Bertz CT molecular complexity index is 939. The highest BCUT2D eigenvalue weighted by Crippen LogP contribution is 2.36. The normalized spacial score (nSPS) is 14.2. The lowest BCUT2D eigenvalue weighted by Crippen LogP contribution is -2.12. The van der Waals surface area contributed by atoms with Gasteiger partial charge >= 0.3 is 6.16 Å². The van der Waals surface area contributed by atoms with Gasteiger partial charge in [0.15, 0.2) is 0 Å². The second-order valence-corrected chi connectivity index (χ2v) is 8.64. The minimum absolute atomic E-state index is 0.494. The number of carbonyl (C=O) groups is 1. The van der Waals surface area contributed by atoms with E-state index in [2.05, 4.69) is 35.6 Å². The number of benzene rings is 1. The molecule has 154 valence electrons. The molecule has 1 fully saturated rings. The van der Waals surface area contributed by atoms with Crippen LogP contribution in [0.3, 0.4) is 0 Å². The number of rotatable bonds is 5. The predicted octanol–water partition coefficient (Wildman–Crippen LogP) is 6.27. The van der Waals surface area contributed by atoms with Crippen molar-refractivity contribution in [2.45, 2.75) is 44.4 Å². The fourth-order valence-corrected chi connectivity index (χ4v) is 4.65. The Morgan fingerprint density at radius 1 is 1.14 bits per heavy atom. The number of hydrogen-bond acceptors (Lipinski definition) is 5. The molecule has 0 saturated heterocycles. The summed E-state index contributed by atoms with van der Waals surface area (Å²) in [6.45, 7) is 0.855. The van der Waals surface area contributed by atoms with Crippen molar-refractivity contribution in [1.29, 1.82) is 0 Å². The standard InChI is InChI=1S/C20H22ClN3S.CH2O3/c21-17-13-16-19(22-12-11-14-7-3-1-4-8-14)23-18(24-20(16)25-17)15-9-5-2-6-10-15;2-1(3)4/h1,3-4,7-8,13,15H,2,5-6,9-12H2,(H,22,23,24);(H2,2,3,4). The van der Waals surface area contributed by atoms with Crippen LogP contribution in [0.25, 0.3) is 10.2 Å². The number of fused-ring (bicyclic) bond motifs is 1. The fourth-order valence-electron chi connectivity index (χ4n) is 3.56. The van der Waals surface area contributed by atoms with E-state index in [9.17, 15) is 0 Å². The zero-order valence-corrected chi connectivity index (χ0v) is 17.5. The van der Waals surface area contributed by atoms with Crippen molar-refractivity contribution in [3.05, 3.63) is 52.1 Å². The lowest BCUT2D eigenvalue weighted by molar-refractivity contribution is 0.137. The molecule has 2 aromatic heterocycles. The molecule has 0 spiro atoms. The third-order valence-electron chi connectivity index (χ3n) is 4.90. The molecule has 0 unspecified atom stereocenters. The summed E-state index contributed by atoms with van der Waals surface area (Å²) in [6.07, 6.45) is 5.46. The van der Waals surface area contributed by atoms with E-state index in [0.29, 0.717) is 5.92 Å². The van der Waals surface area contributed by atoms with E-state index >= 15 is 0 Å². The lowest BCUT2D eigenvalue weighted by atomic mass is 9.89. The zero-order chi connectivity index (χ0) is 20.6. The van der Waals surface area contributed by atoms with E-state index in [-0.39, 0.29) is 0 Å². The fraction of sp³-hybridized carbons (Fsp3) is 0.381. The Kier molecular flexibility index (Phi) is 7.66. The van der Waals surface area contributed by atoms with Gasteiger partial charge in [-0.05, 0) is 30.9 Å². The molecule has 1 aromatic carbocycles. The number of aromatic nitrogens is 2. The van der Waals surface area contributed by atoms with Crippen LogP contribution in [0.4, 0.5) is 10.6 Å². The van der Waals surface area contributed by atoms with Crippen LogP contribution in [-0.2, 0) is 6.42 Å². The summed E-state index contributed by atoms with van der Waals surface area (Å²) in [6, 6.07) is 12.5. The van der Waals surface area contributed by atoms with Crippen molar-refractivity contribution >= 4 is 45.1 Å². The van der Waals surface area contributed by atoms with Crippen molar-refractivity contribution in [2.75, 3.05) is 11.9 Å². The molecule has 1 aliphatic rings. The predicted molar refractivity (Wildman–Crippen MR) is 118 cm³/mol. The average Bonchev–Trinajstić information content (AvgIpc) is 3.09. The number of nitrogens with one attached hydrogen (secondary N) is 1. The van der Waals surface area contributed by atoms with Gasteiger partial charge in [-0.25, -0.2) is 14.8 Å². The van der Waals surface area contributed by atoms with E-state index in [0.717, 1.165) is 39.2 Å². The first-order chi connectivity index (χ1) is 14.0. The van der Waals surface area contributed by atoms with Gasteiger partial charge in [0.25, 0.3) is 0 Å². The Morgan fingerprint density at radius 2 is 1.83 bits per heavy atom. The summed E-state index contributed by atoms with van der Waals surface area (Å²) >= 11 is 7.79. The van der Waals surface area contributed by atoms with Crippen LogP contribution in [0.15, 0.2) is 36.4 Å². The quantitative estimate of drug-likeness (QED) is 0.438. The average molecular weight is 434 g/mol. The summed E-state index contributed by atoms with van der Waals surface area (Å²) in [4.78, 5) is 19.3. The number of thiophene rings is 1. The van der Waals surface area contributed by atoms with Crippen LogP contribution in [0, 0.1) is 0 Å². The molecule has 3 aromatic rings. The second-order valence-electron chi connectivity index (χ2n) is 6.98. The van der Waals surface area contributed by atoms with Gasteiger partial charge in [-0.15, -0.1) is 11.3 Å². The maximum atomic E-state index is 8.56. The van der Waals surface area contributed by atoms with E-state index < -0.39 is 6.16 Å². The molecular formula is C21H24ClN3O3S. The van der Waals surface area contributed by atoms with Gasteiger partial charge in [-0.3, -0.25) is 0 Å². The molecule has 0 amide bonds. The lowest BCUT2D eigenvalue weighted by Gasteiger charge is -2.21. The number of hydrogen-bond donors (Lipinski definition) is 3. The summed E-state index contributed by atoms with van der Waals surface area (Å²) in [5.41, 5.74) is 1.33. The molecule has 8 heteroatoms. The number of carboxylic acid groups (broad SMARTS) is 2. The third-order valence-corrected chi connectivity index (χ3v) is 6.06. The van der Waals surface area contributed by atoms with E-state index in [1.54, 1.807) is 11.3 Å². The minimum atomic E-state index is -1.83. The summed E-state index contributed by atoms with van der Waals surface area (Å²) in [7, 11) is 0. The van der Waals surface area contributed by atoms with Gasteiger partial charge in [0, 0.05) is 12.5 Å². The van der Waals surface area contributed by atoms with E-state index in [1.165, 1.54) is 37.7 Å². The third kappa shape index (κ3) is 6.30. The molecule has 4 rings (SSSR count). The first kappa shape index (κ1) is 21.3. The maximum Gasteiger partial charge on any atom is 0.503 e.